The van der Waals surface area contributed by atoms with Gasteiger partial charge in [0.15, 0.2) is 11.5 Å². The average Bonchev–Trinajstić information content (AvgIpc) is 2.42. The van der Waals surface area contributed by atoms with Crippen LogP contribution in [-0.2, 0) is 0 Å². The van der Waals surface area contributed by atoms with Gasteiger partial charge in [-0.25, -0.2) is 4.79 Å². The first-order valence-electron chi connectivity index (χ1n) is 6.07. The molecule has 2 amide bonds. The van der Waals surface area contributed by atoms with Crippen LogP contribution in [0, 0.1) is 0 Å². The Balaban J connectivity index is 2.56. The lowest BCUT2D eigenvalue weighted by molar-refractivity contribution is 0.249. The molecular formula is C13H21N3O3. The molecule has 0 aliphatic carbocycles. The van der Waals surface area contributed by atoms with Crippen molar-refractivity contribution in [1.29, 1.82) is 0 Å². The number of nitrogens with one attached hydrogen (secondary N) is 2. The third-order valence-corrected chi connectivity index (χ3v) is 2.78. The van der Waals surface area contributed by atoms with Crippen LogP contribution in [-0.4, -0.2) is 33.3 Å². The molecule has 106 valence electrons. The van der Waals surface area contributed by atoms with E-state index in [2.05, 4.69) is 10.6 Å². The summed E-state index contributed by atoms with van der Waals surface area (Å²) in [6.45, 7) is 3.16. The topological polar surface area (TPSA) is 85.6 Å². The van der Waals surface area contributed by atoms with Crippen LogP contribution in [0.15, 0.2) is 18.2 Å². The van der Waals surface area contributed by atoms with E-state index in [-0.39, 0.29) is 6.04 Å². The van der Waals surface area contributed by atoms with Gasteiger partial charge in [0.05, 0.1) is 14.2 Å². The first-order chi connectivity index (χ1) is 9.08. The molecule has 1 aromatic rings. The Morgan fingerprint density at radius 2 is 1.95 bits per heavy atom. The van der Waals surface area contributed by atoms with Crippen LogP contribution in [0.2, 0.25) is 0 Å². The van der Waals surface area contributed by atoms with E-state index in [9.17, 15) is 4.79 Å². The van der Waals surface area contributed by atoms with E-state index in [4.69, 9.17) is 15.2 Å². The quantitative estimate of drug-likeness (QED) is 0.644. The normalized spacial score (nSPS) is 11.7. The summed E-state index contributed by atoms with van der Waals surface area (Å²) in [6.07, 6.45) is 0. The lowest BCUT2D eigenvalue weighted by atomic mass is 10.1. The van der Waals surface area contributed by atoms with Gasteiger partial charge >= 0.3 is 6.03 Å². The zero-order chi connectivity index (χ0) is 14.3. The second-order valence-electron chi connectivity index (χ2n) is 4.08. The molecule has 0 radical (unpaired) electrons. The van der Waals surface area contributed by atoms with Crippen LogP contribution in [0.4, 0.5) is 4.79 Å². The van der Waals surface area contributed by atoms with E-state index in [1.807, 2.05) is 25.1 Å². The molecule has 1 unspecified atom stereocenters. The van der Waals surface area contributed by atoms with E-state index >= 15 is 0 Å². The van der Waals surface area contributed by atoms with Crippen molar-refractivity contribution < 1.29 is 14.3 Å². The molecule has 0 aliphatic heterocycles. The highest BCUT2D eigenvalue weighted by Gasteiger charge is 2.09. The molecule has 0 heterocycles. The van der Waals surface area contributed by atoms with E-state index in [1.165, 1.54) is 0 Å². The standard InChI is InChI=1S/C13H21N3O3/c1-9(15-6-7-16-13(14)17)10-4-5-11(18-2)12(8-10)19-3/h4-5,8-9,15H,6-7H2,1-3H3,(H3,14,16,17). The van der Waals surface area contributed by atoms with Gasteiger partial charge in [0.2, 0.25) is 0 Å². The molecule has 0 aromatic heterocycles. The Hall–Kier alpha value is -1.95. The molecule has 1 aromatic carbocycles. The zero-order valence-electron chi connectivity index (χ0n) is 11.5. The molecule has 0 fully saturated rings. The molecule has 0 bridgehead atoms. The largest absolute Gasteiger partial charge is 0.493 e. The van der Waals surface area contributed by atoms with Crippen LogP contribution in [0.1, 0.15) is 18.5 Å². The fraction of sp³-hybridized carbons (Fsp3) is 0.462. The molecule has 19 heavy (non-hydrogen) atoms. The predicted molar refractivity (Wildman–Crippen MR) is 73.5 cm³/mol. The Labute approximate surface area is 113 Å². The molecule has 0 saturated heterocycles. The maximum absolute atomic E-state index is 10.5. The third kappa shape index (κ3) is 4.67. The molecule has 1 atom stereocenters. The van der Waals surface area contributed by atoms with Crippen molar-refractivity contribution in [1.82, 2.24) is 10.6 Å². The van der Waals surface area contributed by atoms with Crippen molar-refractivity contribution in [2.75, 3.05) is 27.3 Å². The van der Waals surface area contributed by atoms with Crippen LogP contribution in [0.5, 0.6) is 11.5 Å². The van der Waals surface area contributed by atoms with Gasteiger partial charge in [0.1, 0.15) is 0 Å². The number of benzene rings is 1. The Kier molecular flexibility index (Phi) is 5.95. The Morgan fingerprint density at radius 1 is 1.26 bits per heavy atom. The minimum atomic E-state index is -0.513. The van der Waals surface area contributed by atoms with Crippen molar-refractivity contribution in [2.45, 2.75) is 13.0 Å². The molecule has 0 saturated carbocycles. The summed E-state index contributed by atoms with van der Waals surface area (Å²) < 4.78 is 10.4. The Morgan fingerprint density at radius 3 is 2.53 bits per heavy atom. The highest BCUT2D eigenvalue weighted by atomic mass is 16.5. The number of rotatable bonds is 7. The summed E-state index contributed by atoms with van der Waals surface area (Å²) in [5.41, 5.74) is 6.06. The number of carbonyl (C=O) groups excluding carboxylic acids is 1. The van der Waals surface area contributed by atoms with Gasteiger partial charge in [-0.3, -0.25) is 0 Å². The number of amides is 2. The van der Waals surface area contributed by atoms with Crippen molar-refractivity contribution in [2.24, 2.45) is 5.73 Å². The molecule has 0 spiro atoms. The summed E-state index contributed by atoms with van der Waals surface area (Å²) in [5.74, 6) is 1.40. The first-order valence-corrected chi connectivity index (χ1v) is 6.07. The van der Waals surface area contributed by atoms with Crippen molar-refractivity contribution >= 4 is 6.03 Å². The van der Waals surface area contributed by atoms with E-state index in [0.717, 1.165) is 5.56 Å². The van der Waals surface area contributed by atoms with Gasteiger partial charge in [-0.2, -0.15) is 0 Å². The average molecular weight is 267 g/mol. The molecule has 0 aliphatic rings. The summed E-state index contributed by atoms with van der Waals surface area (Å²) >= 11 is 0. The highest BCUT2D eigenvalue weighted by Crippen LogP contribution is 2.29. The fourth-order valence-corrected chi connectivity index (χ4v) is 1.71. The number of methoxy groups -OCH3 is 2. The monoisotopic (exact) mass is 267 g/mol. The van der Waals surface area contributed by atoms with Gasteiger partial charge in [-0.05, 0) is 24.6 Å². The minimum absolute atomic E-state index is 0.134. The van der Waals surface area contributed by atoms with E-state index < -0.39 is 6.03 Å². The number of urea groups is 1. The maximum atomic E-state index is 10.5. The second-order valence-corrected chi connectivity index (χ2v) is 4.08. The summed E-state index contributed by atoms with van der Waals surface area (Å²) in [7, 11) is 3.21. The molecule has 6 heteroatoms. The van der Waals surface area contributed by atoms with Gasteiger partial charge in [-0.15, -0.1) is 0 Å². The van der Waals surface area contributed by atoms with Gasteiger partial charge in [-0.1, -0.05) is 6.07 Å². The molecular weight excluding hydrogens is 246 g/mol. The lowest BCUT2D eigenvalue weighted by Gasteiger charge is -2.16. The van der Waals surface area contributed by atoms with E-state index in [1.54, 1.807) is 14.2 Å². The zero-order valence-corrected chi connectivity index (χ0v) is 11.5. The maximum Gasteiger partial charge on any atom is 0.312 e. The lowest BCUT2D eigenvalue weighted by Crippen LogP contribution is -2.36. The summed E-state index contributed by atoms with van der Waals surface area (Å²) in [6, 6.07) is 5.39. The SMILES string of the molecule is COc1ccc(C(C)NCCNC(N)=O)cc1OC. The second kappa shape index (κ2) is 7.48. The molecule has 6 nitrogen and oxygen atoms in total. The predicted octanol–water partition coefficient (Wildman–Crippen LogP) is 1.02. The molecule has 1 rings (SSSR count). The van der Waals surface area contributed by atoms with Gasteiger partial charge in [0, 0.05) is 19.1 Å². The van der Waals surface area contributed by atoms with Crippen molar-refractivity contribution in [3.05, 3.63) is 23.8 Å². The van der Waals surface area contributed by atoms with Crippen LogP contribution < -0.4 is 25.8 Å². The number of ether oxygens (including phenoxy) is 2. The van der Waals surface area contributed by atoms with Gasteiger partial charge < -0.3 is 25.8 Å². The van der Waals surface area contributed by atoms with E-state index in [0.29, 0.717) is 24.6 Å². The highest BCUT2D eigenvalue weighted by molar-refractivity contribution is 5.71. The van der Waals surface area contributed by atoms with Gasteiger partial charge in [0.25, 0.3) is 0 Å². The summed E-state index contributed by atoms with van der Waals surface area (Å²) in [5, 5.41) is 5.80. The number of hydrogen-bond acceptors (Lipinski definition) is 4. The first kappa shape index (κ1) is 15.1. The summed E-state index contributed by atoms with van der Waals surface area (Å²) in [4.78, 5) is 10.5. The van der Waals surface area contributed by atoms with Crippen molar-refractivity contribution in [3.8, 4) is 11.5 Å². The van der Waals surface area contributed by atoms with Crippen LogP contribution >= 0.6 is 0 Å². The number of nitrogens with two attached hydrogens (primary N) is 1. The fourth-order valence-electron chi connectivity index (χ4n) is 1.71. The smallest absolute Gasteiger partial charge is 0.312 e. The number of carbonyl (C=O) groups is 1. The minimum Gasteiger partial charge on any atom is -0.493 e. The number of hydrogen-bond donors (Lipinski definition) is 3. The van der Waals surface area contributed by atoms with Crippen LogP contribution in [0.25, 0.3) is 0 Å². The molecule has 4 N–H and O–H groups in total. The number of primary amides is 1. The van der Waals surface area contributed by atoms with Crippen molar-refractivity contribution in [3.63, 3.8) is 0 Å². The Bertz CT molecular complexity index is 424. The van der Waals surface area contributed by atoms with Crippen LogP contribution in [0.3, 0.4) is 0 Å². The third-order valence-electron chi connectivity index (χ3n) is 2.78.